The molecule has 0 aliphatic rings. The van der Waals surface area contributed by atoms with Gasteiger partial charge in [0.25, 0.3) is 5.91 Å². The van der Waals surface area contributed by atoms with Crippen LogP contribution in [0.3, 0.4) is 0 Å². The number of aromatic nitrogens is 2. The van der Waals surface area contributed by atoms with Gasteiger partial charge < -0.3 is 9.64 Å². The van der Waals surface area contributed by atoms with Crippen LogP contribution in [-0.4, -0.2) is 42.5 Å². The molecular formula is C22H25N5O2. The molecule has 2 N–H and O–H groups in total. The van der Waals surface area contributed by atoms with Crippen molar-refractivity contribution in [3.63, 3.8) is 0 Å². The van der Waals surface area contributed by atoms with E-state index < -0.39 is 0 Å². The molecule has 3 rings (SSSR count). The zero-order valence-electron chi connectivity index (χ0n) is 16.8. The highest BCUT2D eigenvalue weighted by Crippen LogP contribution is 2.21. The van der Waals surface area contributed by atoms with Crippen molar-refractivity contribution in [1.82, 2.24) is 15.6 Å². The highest BCUT2D eigenvalue weighted by Gasteiger charge is 2.10. The van der Waals surface area contributed by atoms with Crippen LogP contribution in [0.1, 0.15) is 29.9 Å². The minimum atomic E-state index is -0.353. The molecule has 150 valence electrons. The van der Waals surface area contributed by atoms with Gasteiger partial charge in [-0.2, -0.15) is 10.2 Å². The first kappa shape index (κ1) is 20.1. The van der Waals surface area contributed by atoms with Gasteiger partial charge in [0.05, 0.1) is 19.0 Å². The Labute approximate surface area is 170 Å². The Balaban J connectivity index is 1.60. The number of carbonyl (C=O) groups is 1. The van der Waals surface area contributed by atoms with E-state index in [2.05, 4.69) is 39.5 Å². The number of amides is 1. The Hall–Kier alpha value is -3.61. The molecule has 0 bridgehead atoms. The van der Waals surface area contributed by atoms with Crippen molar-refractivity contribution in [2.24, 2.45) is 5.10 Å². The van der Waals surface area contributed by atoms with E-state index in [-0.39, 0.29) is 5.91 Å². The van der Waals surface area contributed by atoms with Crippen LogP contribution in [0.5, 0.6) is 5.75 Å². The Morgan fingerprint density at radius 2 is 1.83 bits per heavy atom. The highest BCUT2D eigenvalue weighted by molar-refractivity contribution is 5.94. The zero-order chi connectivity index (χ0) is 20.6. The van der Waals surface area contributed by atoms with E-state index in [1.807, 2.05) is 48.5 Å². The second-order valence-electron chi connectivity index (χ2n) is 6.36. The van der Waals surface area contributed by atoms with Crippen molar-refractivity contribution >= 4 is 17.8 Å². The number of nitrogens with one attached hydrogen (secondary N) is 2. The number of hydrogen-bond acceptors (Lipinski definition) is 5. The standard InChI is InChI=1S/C22H25N5O2/c1-4-27(5-2)18-10-6-16(7-11-18)15-23-26-22(28)21-14-20(24-25-21)17-8-12-19(29-3)13-9-17/h6-15H,4-5H2,1-3H3,(H,24,25)(H,26,28)/b23-15+. The molecular weight excluding hydrogens is 366 g/mol. The molecule has 0 saturated carbocycles. The number of aromatic amines is 1. The van der Waals surface area contributed by atoms with E-state index >= 15 is 0 Å². The lowest BCUT2D eigenvalue weighted by Gasteiger charge is -2.20. The fourth-order valence-electron chi connectivity index (χ4n) is 2.93. The van der Waals surface area contributed by atoms with Crippen LogP contribution >= 0.6 is 0 Å². The van der Waals surface area contributed by atoms with Gasteiger partial charge in [-0.1, -0.05) is 12.1 Å². The van der Waals surface area contributed by atoms with Crippen molar-refractivity contribution in [2.75, 3.05) is 25.1 Å². The van der Waals surface area contributed by atoms with E-state index in [1.54, 1.807) is 19.4 Å². The van der Waals surface area contributed by atoms with E-state index in [1.165, 1.54) is 5.69 Å². The molecule has 1 heterocycles. The van der Waals surface area contributed by atoms with E-state index in [4.69, 9.17) is 4.74 Å². The molecule has 1 amide bonds. The molecule has 1 aromatic heterocycles. The van der Waals surface area contributed by atoms with Crippen molar-refractivity contribution < 1.29 is 9.53 Å². The number of nitrogens with zero attached hydrogens (tertiary/aromatic N) is 3. The lowest BCUT2D eigenvalue weighted by molar-refractivity contribution is 0.0950. The quantitative estimate of drug-likeness (QED) is 0.453. The van der Waals surface area contributed by atoms with E-state index in [9.17, 15) is 4.79 Å². The SMILES string of the molecule is CCN(CC)c1ccc(/C=N/NC(=O)c2cc(-c3ccc(OC)cc3)n[nH]2)cc1. The Morgan fingerprint density at radius 1 is 1.14 bits per heavy atom. The molecule has 29 heavy (non-hydrogen) atoms. The summed E-state index contributed by atoms with van der Waals surface area (Å²) in [6.07, 6.45) is 1.62. The molecule has 0 aliphatic heterocycles. The average molecular weight is 391 g/mol. The molecule has 3 aromatic rings. The number of carbonyl (C=O) groups excluding carboxylic acids is 1. The van der Waals surface area contributed by atoms with E-state index in [0.29, 0.717) is 11.4 Å². The van der Waals surface area contributed by atoms with Crippen molar-refractivity contribution in [2.45, 2.75) is 13.8 Å². The molecule has 0 unspecified atom stereocenters. The lowest BCUT2D eigenvalue weighted by Crippen LogP contribution is -2.21. The fourth-order valence-corrected chi connectivity index (χ4v) is 2.93. The number of hydrazone groups is 1. The summed E-state index contributed by atoms with van der Waals surface area (Å²) in [6.45, 7) is 6.18. The zero-order valence-corrected chi connectivity index (χ0v) is 16.8. The summed E-state index contributed by atoms with van der Waals surface area (Å²) in [6, 6.07) is 17.2. The minimum Gasteiger partial charge on any atom is -0.497 e. The van der Waals surface area contributed by atoms with Gasteiger partial charge in [-0.3, -0.25) is 9.89 Å². The molecule has 0 spiro atoms. The Morgan fingerprint density at radius 3 is 2.45 bits per heavy atom. The largest absolute Gasteiger partial charge is 0.497 e. The predicted octanol–water partition coefficient (Wildman–Crippen LogP) is 3.70. The van der Waals surface area contributed by atoms with Crippen LogP contribution in [0, 0.1) is 0 Å². The van der Waals surface area contributed by atoms with Gasteiger partial charge in [-0.15, -0.1) is 0 Å². The van der Waals surface area contributed by atoms with Crippen LogP contribution < -0.4 is 15.1 Å². The number of rotatable bonds is 8. The highest BCUT2D eigenvalue weighted by atomic mass is 16.5. The average Bonchev–Trinajstić information content (AvgIpc) is 3.26. The molecule has 0 saturated heterocycles. The number of methoxy groups -OCH3 is 1. The third-order valence-electron chi connectivity index (χ3n) is 4.61. The fraction of sp³-hybridized carbons (Fsp3) is 0.227. The van der Waals surface area contributed by atoms with Gasteiger partial charge in [0.15, 0.2) is 0 Å². The van der Waals surface area contributed by atoms with Crippen LogP contribution in [0.15, 0.2) is 59.7 Å². The summed E-state index contributed by atoms with van der Waals surface area (Å²) in [5.74, 6) is 0.412. The predicted molar refractivity (Wildman–Crippen MR) is 116 cm³/mol. The van der Waals surface area contributed by atoms with Crippen LogP contribution in [0.25, 0.3) is 11.3 Å². The van der Waals surface area contributed by atoms with Crippen molar-refractivity contribution in [3.05, 3.63) is 65.9 Å². The van der Waals surface area contributed by atoms with Gasteiger partial charge in [0, 0.05) is 24.3 Å². The van der Waals surface area contributed by atoms with Gasteiger partial charge in [-0.05, 0) is 61.9 Å². The summed E-state index contributed by atoms with van der Waals surface area (Å²) >= 11 is 0. The maximum Gasteiger partial charge on any atom is 0.289 e. The van der Waals surface area contributed by atoms with Gasteiger partial charge in [0.1, 0.15) is 11.4 Å². The van der Waals surface area contributed by atoms with Crippen LogP contribution in [0.2, 0.25) is 0 Å². The number of anilines is 1. The molecule has 0 radical (unpaired) electrons. The molecule has 0 atom stereocenters. The van der Waals surface area contributed by atoms with E-state index in [0.717, 1.165) is 30.0 Å². The maximum absolute atomic E-state index is 12.3. The van der Waals surface area contributed by atoms with Gasteiger partial charge in [-0.25, -0.2) is 5.43 Å². The maximum atomic E-state index is 12.3. The first-order valence-corrected chi connectivity index (χ1v) is 9.52. The number of hydrogen-bond donors (Lipinski definition) is 2. The normalized spacial score (nSPS) is 10.9. The second-order valence-corrected chi connectivity index (χ2v) is 6.36. The number of H-pyrrole nitrogens is 1. The molecule has 0 aliphatic carbocycles. The second kappa shape index (κ2) is 9.54. The monoisotopic (exact) mass is 391 g/mol. The third-order valence-corrected chi connectivity index (χ3v) is 4.61. The minimum absolute atomic E-state index is 0.338. The summed E-state index contributed by atoms with van der Waals surface area (Å²) in [7, 11) is 1.62. The topological polar surface area (TPSA) is 82.6 Å². The summed E-state index contributed by atoms with van der Waals surface area (Å²) < 4.78 is 5.15. The summed E-state index contributed by atoms with van der Waals surface area (Å²) in [5, 5.41) is 11.0. The summed E-state index contributed by atoms with van der Waals surface area (Å²) in [5.41, 5.74) is 6.49. The lowest BCUT2D eigenvalue weighted by atomic mass is 10.1. The smallest absolute Gasteiger partial charge is 0.289 e. The first-order chi connectivity index (χ1) is 14.1. The van der Waals surface area contributed by atoms with Gasteiger partial charge in [0.2, 0.25) is 0 Å². The Bertz CT molecular complexity index is 958. The first-order valence-electron chi connectivity index (χ1n) is 9.52. The molecule has 7 heteroatoms. The Kier molecular flexibility index (Phi) is 6.63. The molecule has 7 nitrogen and oxygen atoms in total. The third kappa shape index (κ3) is 5.01. The van der Waals surface area contributed by atoms with Crippen LogP contribution in [0.4, 0.5) is 5.69 Å². The van der Waals surface area contributed by atoms with Crippen molar-refractivity contribution in [1.29, 1.82) is 0 Å². The molecule has 2 aromatic carbocycles. The molecule has 0 fully saturated rings. The number of benzene rings is 2. The van der Waals surface area contributed by atoms with Gasteiger partial charge >= 0.3 is 0 Å². The summed E-state index contributed by atoms with van der Waals surface area (Å²) in [4.78, 5) is 14.5. The van der Waals surface area contributed by atoms with Crippen molar-refractivity contribution in [3.8, 4) is 17.0 Å². The van der Waals surface area contributed by atoms with Crippen LogP contribution in [-0.2, 0) is 0 Å². The number of ether oxygens (including phenoxy) is 1.